The molecule has 0 amide bonds. The van der Waals surface area contributed by atoms with Gasteiger partial charge in [0.25, 0.3) is 0 Å². The van der Waals surface area contributed by atoms with Gasteiger partial charge in [-0.15, -0.1) is 0 Å². The van der Waals surface area contributed by atoms with E-state index in [0.29, 0.717) is 51.4 Å². The fourth-order valence-electron chi connectivity index (χ4n) is 12.2. The third-order valence-electron chi connectivity index (χ3n) is 15.6. The third kappa shape index (κ3) is 4.49. The molecule has 11 nitrogen and oxygen atoms in total. The molecule has 4 saturated carbocycles. The standard InChI is InChI=1S/C36H56O11/c1-18-9-14-36(29(42)43)16-15-32(3)19(27(36)35(18,6)45)7-8-21-31(2)12-11-23(38)34(5,22(31)10-13-33(21,32)4)30(44)47-28-26(41)25(40)24(39)20(17-37)46-28/h7,18,20-28,37-41,45H,8-17H2,1-6H3,(H,42,43)/t18-,20-,21-,22+,23+,24-,25+,26-,27+,28+,31-,32-,33-,34-,35-,36+/m1/s1. The summed E-state index contributed by atoms with van der Waals surface area (Å²) in [4.78, 5) is 27.2. The molecule has 0 aromatic heterocycles. The van der Waals surface area contributed by atoms with Crippen molar-refractivity contribution in [1.29, 1.82) is 0 Å². The molecule has 0 bridgehead atoms. The van der Waals surface area contributed by atoms with Crippen molar-refractivity contribution < 1.29 is 54.8 Å². The largest absolute Gasteiger partial charge is 0.481 e. The van der Waals surface area contributed by atoms with Crippen LogP contribution in [0.2, 0.25) is 0 Å². The van der Waals surface area contributed by atoms with Gasteiger partial charge in [0.1, 0.15) is 24.4 Å². The van der Waals surface area contributed by atoms with Crippen LogP contribution in [0, 0.1) is 50.7 Å². The highest BCUT2D eigenvalue weighted by Crippen LogP contribution is 2.76. The van der Waals surface area contributed by atoms with Crippen molar-refractivity contribution in [2.45, 2.75) is 142 Å². The highest BCUT2D eigenvalue weighted by atomic mass is 16.7. The molecule has 1 saturated heterocycles. The number of carboxylic acid groups (broad SMARTS) is 1. The molecular weight excluding hydrogens is 608 g/mol. The van der Waals surface area contributed by atoms with Crippen LogP contribution in [0.25, 0.3) is 0 Å². The molecule has 6 rings (SSSR count). The number of aliphatic carboxylic acids is 1. The molecule has 0 spiro atoms. The zero-order valence-electron chi connectivity index (χ0n) is 28.7. The lowest BCUT2D eigenvalue weighted by atomic mass is 9.33. The molecule has 5 fully saturated rings. The van der Waals surface area contributed by atoms with Gasteiger partial charge in [-0.25, -0.2) is 0 Å². The van der Waals surface area contributed by atoms with E-state index in [1.165, 1.54) is 0 Å². The van der Waals surface area contributed by atoms with Gasteiger partial charge in [-0.2, -0.15) is 0 Å². The van der Waals surface area contributed by atoms with E-state index >= 15 is 0 Å². The molecule has 5 aliphatic carbocycles. The number of carboxylic acids is 1. The normalized spacial score (nSPS) is 55.8. The van der Waals surface area contributed by atoms with Crippen molar-refractivity contribution in [1.82, 2.24) is 0 Å². The first-order valence-electron chi connectivity index (χ1n) is 17.6. The fraction of sp³-hybridized carbons (Fsp3) is 0.889. The Morgan fingerprint density at radius 1 is 0.894 bits per heavy atom. The second-order valence-electron chi connectivity index (χ2n) is 17.3. The van der Waals surface area contributed by atoms with Gasteiger partial charge in [-0.05, 0) is 106 Å². The number of carbonyl (C=O) groups is 2. The quantitative estimate of drug-likeness (QED) is 0.172. The van der Waals surface area contributed by atoms with Crippen LogP contribution in [-0.4, -0.2) is 96.7 Å². The number of hydrogen-bond acceptors (Lipinski definition) is 10. The fourth-order valence-corrected chi connectivity index (χ4v) is 12.2. The van der Waals surface area contributed by atoms with Crippen molar-refractivity contribution >= 4 is 11.9 Å². The van der Waals surface area contributed by atoms with E-state index in [2.05, 4.69) is 26.8 Å². The highest BCUT2D eigenvalue weighted by Gasteiger charge is 2.72. The average molecular weight is 665 g/mol. The summed E-state index contributed by atoms with van der Waals surface area (Å²) in [5, 5.41) is 74.9. The van der Waals surface area contributed by atoms with E-state index in [4.69, 9.17) is 9.47 Å². The van der Waals surface area contributed by atoms with Crippen LogP contribution in [0.5, 0.6) is 0 Å². The van der Waals surface area contributed by atoms with E-state index in [1.807, 2.05) is 13.8 Å². The number of rotatable bonds is 4. The summed E-state index contributed by atoms with van der Waals surface area (Å²) in [6.07, 6.45) is -1.28. The summed E-state index contributed by atoms with van der Waals surface area (Å²) in [5.41, 5.74) is -3.53. The SMILES string of the molecule is C[C@@H]1CC[C@]2(C(=O)O)CC[C@]3(C)C(=CC[C@@H]4[C@@]5(C)CC[C@H](O)[C@](C)(C(=O)O[C@@H]6O[C@H](CO)[C@@H](O)[C@H](O)[C@H]6O)[C@H]5CC[C@]43C)[C@H]2[C@]1(C)O. The molecule has 47 heavy (non-hydrogen) atoms. The number of fused-ring (bicyclic) bond motifs is 7. The smallest absolute Gasteiger partial charge is 0.317 e. The maximum atomic E-state index is 14.1. The molecule has 0 radical (unpaired) electrons. The monoisotopic (exact) mass is 664 g/mol. The van der Waals surface area contributed by atoms with E-state index in [9.17, 15) is 45.3 Å². The van der Waals surface area contributed by atoms with Gasteiger partial charge in [0.15, 0.2) is 0 Å². The predicted molar refractivity (Wildman–Crippen MR) is 168 cm³/mol. The van der Waals surface area contributed by atoms with Gasteiger partial charge in [0, 0.05) is 5.92 Å². The van der Waals surface area contributed by atoms with Crippen LogP contribution >= 0.6 is 0 Å². The van der Waals surface area contributed by atoms with Crippen LogP contribution in [0.15, 0.2) is 11.6 Å². The van der Waals surface area contributed by atoms with Gasteiger partial charge in [0.05, 0.1) is 29.1 Å². The minimum atomic E-state index is -1.74. The van der Waals surface area contributed by atoms with Gasteiger partial charge < -0.3 is 45.2 Å². The van der Waals surface area contributed by atoms with Crippen molar-refractivity contribution in [3.8, 4) is 0 Å². The Balaban J connectivity index is 1.35. The number of carbonyl (C=O) groups excluding carboxylic acids is 1. The van der Waals surface area contributed by atoms with Crippen molar-refractivity contribution in [3.63, 3.8) is 0 Å². The predicted octanol–water partition coefficient (Wildman–Crippen LogP) is 2.53. The molecule has 0 aromatic rings. The molecule has 0 aromatic carbocycles. The Hall–Kier alpha value is -1.60. The first-order valence-corrected chi connectivity index (χ1v) is 17.6. The van der Waals surface area contributed by atoms with Crippen molar-refractivity contribution in [3.05, 3.63) is 11.6 Å². The minimum Gasteiger partial charge on any atom is -0.481 e. The Bertz CT molecular complexity index is 1310. The molecule has 0 unspecified atom stereocenters. The Morgan fingerprint density at radius 2 is 1.57 bits per heavy atom. The number of allylic oxidation sites excluding steroid dienone is 1. The molecule has 7 N–H and O–H groups in total. The van der Waals surface area contributed by atoms with E-state index in [0.717, 1.165) is 12.0 Å². The van der Waals surface area contributed by atoms with Gasteiger partial charge >= 0.3 is 11.9 Å². The van der Waals surface area contributed by atoms with Crippen LogP contribution < -0.4 is 0 Å². The number of hydrogen-bond donors (Lipinski definition) is 7. The van der Waals surface area contributed by atoms with E-state index in [1.54, 1.807) is 6.92 Å². The van der Waals surface area contributed by atoms with Crippen molar-refractivity contribution in [2.75, 3.05) is 6.61 Å². The lowest BCUT2D eigenvalue weighted by Gasteiger charge is -2.71. The van der Waals surface area contributed by atoms with Crippen LogP contribution in [0.3, 0.4) is 0 Å². The summed E-state index contributed by atoms with van der Waals surface area (Å²) in [7, 11) is 0. The summed E-state index contributed by atoms with van der Waals surface area (Å²) >= 11 is 0. The maximum Gasteiger partial charge on any atom is 0.317 e. The minimum absolute atomic E-state index is 0.0442. The number of aliphatic hydroxyl groups excluding tert-OH is 5. The molecule has 1 aliphatic heterocycles. The Labute approximate surface area is 277 Å². The van der Waals surface area contributed by atoms with Crippen molar-refractivity contribution in [2.24, 2.45) is 50.7 Å². The molecule has 1 heterocycles. The zero-order chi connectivity index (χ0) is 34.7. The molecule has 11 heteroatoms. The highest BCUT2D eigenvalue weighted by molar-refractivity contribution is 5.78. The summed E-state index contributed by atoms with van der Waals surface area (Å²) in [6, 6.07) is 0. The zero-order valence-corrected chi connectivity index (χ0v) is 28.7. The topological polar surface area (TPSA) is 194 Å². The summed E-state index contributed by atoms with van der Waals surface area (Å²) < 4.78 is 11.2. The lowest BCUT2D eigenvalue weighted by molar-refractivity contribution is -0.300. The Kier molecular flexibility index (Phi) is 8.40. The number of aliphatic hydroxyl groups is 6. The van der Waals surface area contributed by atoms with Crippen LogP contribution in [-0.2, 0) is 19.1 Å². The van der Waals surface area contributed by atoms with E-state index < -0.39 is 83.1 Å². The van der Waals surface area contributed by atoms with Gasteiger partial charge in [-0.3, -0.25) is 9.59 Å². The Morgan fingerprint density at radius 3 is 2.21 bits per heavy atom. The maximum absolute atomic E-state index is 14.1. The van der Waals surface area contributed by atoms with Gasteiger partial charge in [-0.1, -0.05) is 39.3 Å². The summed E-state index contributed by atoms with van der Waals surface area (Å²) in [6.45, 7) is 11.7. The second-order valence-corrected chi connectivity index (χ2v) is 17.3. The number of ether oxygens (including phenoxy) is 2. The van der Waals surface area contributed by atoms with Crippen LogP contribution in [0.4, 0.5) is 0 Å². The molecule has 16 atom stereocenters. The number of esters is 1. The van der Waals surface area contributed by atoms with E-state index in [-0.39, 0.29) is 28.6 Å². The van der Waals surface area contributed by atoms with Gasteiger partial charge in [0.2, 0.25) is 6.29 Å². The lowest BCUT2D eigenvalue weighted by Crippen LogP contribution is -2.68. The van der Waals surface area contributed by atoms with Crippen LogP contribution in [0.1, 0.15) is 99.3 Å². The average Bonchev–Trinajstić information content (AvgIpc) is 3.01. The molecule has 266 valence electrons. The third-order valence-corrected chi connectivity index (χ3v) is 15.6. The molecular formula is C36H56O11. The second kappa shape index (κ2) is 11.2. The summed E-state index contributed by atoms with van der Waals surface area (Å²) in [5.74, 6) is -2.33. The first-order chi connectivity index (χ1) is 21.8. The first kappa shape index (κ1) is 35.2. The molecule has 6 aliphatic rings.